The maximum absolute atomic E-state index is 12.1. The Labute approximate surface area is 127 Å². The third kappa shape index (κ3) is 3.92. The number of pyridine rings is 1. The maximum atomic E-state index is 12.1. The normalized spacial score (nSPS) is 11.7. The van der Waals surface area contributed by atoms with Crippen LogP contribution in [0.15, 0.2) is 12.1 Å². The molecule has 0 aliphatic rings. The molecule has 2 heterocycles. The van der Waals surface area contributed by atoms with Gasteiger partial charge in [0.1, 0.15) is 19.5 Å². The summed E-state index contributed by atoms with van der Waals surface area (Å²) in [5.41, 5.74) is 7.26. The number of fused-ring (bicyclic) bond motifs is 1. The van der Waals surface area contributed by atoms with E-state index < -0.39 is 9.84 Å². The van der Waals surface area contributed by atoms with E-state index in [9.17, 15) is 13.2 Å². The first-order valence-corrected chi connectivity index (χ1v) is 9.27. The first kappa shape index (κ1) is 15.7. The number of nitrogen functional groups attached to an aromatic ring is 1. The predicted octanol–water partition coefficient (Wildman–Crippen LogP) is 1.35. The fourth-order valence-electron chi connectivity index (χ4n) is 1.87. The van der Waals surface area contributed by atoms with Gasteiger partial charge in [-0.05, 0) is 25.5 Å². The second-order valence-corrected chi connectivity index (χ2v) is 8.15. The summed E-state index contributed by atoms with van der Waals surface area (Å²) in [7, 11) is -3.00. The standard InChI is InChI=1S/C13H17N3O3S2/c1-8-4-5-9-10(14)11(20-13(9)16-8)12(17)15-6-3-7-21(2,18)19/h4-5H,3,6-7,14H2,1-2H3,(H,15,17). The van der Waals surface area contributed by atoms with Gasteiger partial charge in [0, 0.05) is 23.9 Å². The zero-order chi connectivity index (χ0) is 15.6. The molecular formula is C13H17N3O3S2. The minimum atomic E-state index is -3.00. The van der Waals surface area contributed by atoms with Crippen molar-refractivity contribution in [2.45, 2.75) is 13.3 Å². The van der Waals surface area contributed by atoms with Gasteiger partial charge >= 0.3 is 0 Å². The van der Waals surface area contributed by atoms with Crippen LogP contribution < -0.4 is 11.1 Å². The Bertz CT molecular complexity index is 781. The number of aromatic nitrogens is 1. The highest BCUT2D eigenvalue weighted by molar-refractivity contribution is 7.90. The highest BCUT2D eigenvalue weighted by Gasteiger charge is 2.17. The first-order chi connectivity index (χ1) is 9.78. The quantitative estimate of drug-likeness (QED) is 0.807. The highest BCUT2D eigenvalue weighted by Crippen LogP contribution is 2.32. The van der Waals surface area contributed by atoms with Gasteiger partial charge in [0.15, 0.2) is 0 Å². The number of rotatable bonds is 5. The molecule has 0 atom stereocenters. The lowest BCUT2D eigenvalue weighted by Gasteiger charge is -2.03. The Morgan fingerprint density at radius 2 is 2.14 bits per heavy atom. The summed E-state index contributed by atoms with van der Waals surface area (Å²) in [5.74, 6) is -0.239. The number of carbonyl (C=O) groups is 1. The number of nitrogens with zero attached hydrogens (tertiary/aromatic N) is 1. The zero-order valence-electron chi connectivity index (χ0n) is 11.8. The van der Waals surface area contributed by atoms with Crippen LogP contribution in [0.3, 0.4) is 0 Å². The minimum Gasteiger partial charge on any atom is -0.397 e. The third-order valence-corrected chi connectivity index (χ3v) is 5.06. The molecule has 21 heavy (non-hydrogen) atoms. The molecule has 8 heteroatoms. The van der Waals surface area contributed by atoms with E-state index in [0.29, 0.717) is 23.5 Å². The number of thiophene rings is 1. The maximum Gasteiger partial charge on any atom is 0.263 e. The lowest BCUT2D eigenvalue weighted by atomic mass is 10.2. The van der Waals surface area contributed by atoms with E-state index in [0.717, 1.165) is 15.9 Å². The number of hydrogen-bond acceptors (Lipinski definition) is 6. The summed E-state index contributed by atoms with van der Waals surface area (Å²) in [6.45, 7) is 2.17. The largest absolute Gasteiger partial charge is 0.397 e. The predicted molar refractivity (Wildman–Crippen MR) is 85.4 cm³/mol. The Kier molecular flexibility index (Phi) is 4.48. The molecule has 2 aromatic rings. The molecule has 0 fully saturated rings. The molecule has 0 aliphatic carbocycles. The smallest absolute Gasteiger partial charge is 0.263 e. The number of nitrogens with two attached hydrogens (primary N) is 1. The van der Waals surface area contributed by atoms with Crippen LogP contribution in [0.5, 0.6) is 0 Å². The van der Waals surface area contributed by atoms with E-state index in [4.69, 9.17) is 5.73 Å². The van der Waals surface area contributed by atoms with Crippen LogP contribution in [0.1, 0.15) is 21.8 Å². The van der Waals surface area contributed by atoms with Crippen molar-refractivity contribution in [3.05, 3.63) is 22.7 Å². The van der Waals surface area contributed by atoms with Crippen molar-refractivity contribution in [3.63, 3.8) is 0 Å². The molecule has 114 valence electrons. The van der Waals surface area contributed by atoms with Crippen molar-refractivity contribution in [1.82, 2.24) is 10.3 Å². The number of amides is 1. The molecule has 3 N–H and O–H groups in total. The average molecular weight is 327 g/mol. The molecule has 0 unspecified atom stereocenters. The van der Waals surface area contributed by atoms with Gasteiger partial charge in [0.2, 0.25) is 0 Å². The molecule has 0 saturated heterocycles. The molecule has 0 aliphatic heterocycles. The van der Waals surface area contributed by atoms with Gasteiger partial charge in [-0.15, -0.1) is 11.3 Å². The van der Waals surface area contributed by atoms with Crippen LogP contribution in [-0.2, 0) is 9.84 Å². The van der Waals surface area contributed by atoms with Gasteiger partial charge in [-0.2, -0.15) is 0 Å². The number of sulfone groups is 1. The summed E-state index contributed by atoms with van der Waals surface area (Å²) in [6, 6.07) is 3.70. The Hall–Kier alpha value is -1.67. The second kappa shape index (κ2) is 5.98. The SMILES string of the molecule is Cc1ccc2c(N)c(C(=O)NCCCS(C)(=O)=O)sc2n1. The van der Waals surface area contributed by atoms with E-state index in [1.807, 2.05) is 19.1 Å². The molecule has 0 saturated carbocycles. The van der Waals surface area contributed by atoms with Crippen molar-refractivity contribution < 1.29 is 13.2 Å². The molecule has 1 amide bonds. The van der Waals surface area contributed by atoms with Crippen molar-refractivity contribution in [2.75, 3.05) is 24.3 Å². The number of aryl methyl sites for hydroxylation is 1. The number of nitrogens with one attached hydrogen (secondary N) is 1. The van der Waals surface area contributed by atoms with Crippen LogP contribution >= 0.6 is 11.3 Å². The molecular weight excluding hydrogens is 310 g/mol. The van der Waals surface area contributed by atoms with Crippen molar-refractivity contribution >= 4 is 43.0 Å². The van der Waals surface area contributed by atoms with Crippen LogP contribution in [0.4, 0.5) is 5.69 Å². The molecule has 0 aromatic carbocycles. The lowest BCUT2D eigenvalue weighted by Crippen LogP contribution is -2.25. The van der Waals surface area contributed by atoms with Gasteiger partial charge in [-0.1, -0.05) is 0 Å². The number of carbonyl (C=O) groups excluding carboxylic acids is 1. The van der Waals surface area contributed by atoms with Gasteiger partial charge in [0.05, 0.1) is 11.4 Å². The van der Waals surface area contributed by atoms with Crippen LogP contribution in [0, 0.1) is 6.92 Å². The summed E-state index contributed by atoms with van der Waals surface area (Å²) in [6.07, 6.45) is 1.56. The van der Waals surface area contributed by atoms with Crippen LogP contribution in [0.2, 0.25) is 0 Å². The Morgan fingerprint density at radius 1 is 1.43 bits per heavy atom. The van der Waals surface area contributed by atoms with Crippen LogP contribution in [0.25, 0.3) is 10.2 Å². The fourth-order valence-corrected chi connectivity index (χ4v) is 3.60. The average Bonchev–Trinajstić information content (AvgIpc) is 2.70. The van der Waals surface area contributed by atoms with E-state index in [-0.39, 0.29) is 11.7 Å². The highest BCUT2D eigenvalue weighted by atomic mass is 32.2. The van der Waals surface area contributed by atoms with E-state index >= 15 is 0 Å². The van der Waals surface area contributed by atoms with Gasteiger partial charge in [0.25, 0.3) is 5.91 Å². The summed E-state index contributed by atoms with van der Waals surface area (Å²) >= 11 is 1.24. The first-order valence-electron chi connectivity index (χ1n) is 6.39. The van der Waals surface area contributed by atoms with Gasteiger partial charge in [-0.3, -0.25) is 4.79 Å². The van der Waals surface area contributed by atoms with Crippen molar-refractivity contribution in [3.8, 4) is 0 Å². The monoisotopic (exact) mass is 327 g/mol. The Morgan fingerprint density at radius 3 is 2.81 bits per heavy atom. The van der Waals surface area contributed by atoms with Gasteiger partial charge < -0.3 is 11.1 Å². The second-order valence-electron chi connectivity index (χ2n) is 4.89. The molecule has 2 rings (SSSR count). The molecule has 6 nitrogen and oxygen atoms in total. The third-order valence-electron chi connectivity index (χ3n) is 2.92. The van der Waals surface area contributed by atoms with Gasteiger partial charge in [-0.25, -0.2) is 13.4 Å². The summed E-state index contributed by atoms with van der Waals surface area (Å²) < 4.78 is 22.0. The van der Waals surface area contributed by atoms with Crippen molar-refractivity contribution in [2.24, 2.45) is 0 Å². The zero-order valence-corrected chi connectivity index (χ0v) is 13.5. The van der Waals surface area contributed by atoms with E-state index in [1.54, 1.807) is 0 Å². The Balaban J connectivity index is 2.07. The van der Waals surface area contributed by atoms with E-state index in [2.05, 4.69) is 10.3 Å². The summed E-state index contributed by atoms with van der Waals surface area (Å²) in [5, 5.41) is 3.46. The molecule has 0 radical (unpaired) electrons. The fraction of sp³-hybridized carbons (Fsp3) is 0.385. The number of anilines is 1. The molecule has 2 aromatic heterocycles. The molecule has 0 bridgehead atoms. The summed E-state index contributed by atoms with van der Waals surface area (Å²) in [4.78, 5) is 17.6. The topological polar surface area (TPSA) is 102 Å². The van der Waals surface area contributed by atoms with E-state index in [1.165, 1.54) is 17.6 Å². The van der Waals surface area contributed by atoms with Crippen molar-refractivity contribution in [1.29, 1.82) is 0 Å². The number of hydrogen-bond donors (Lipinski definition) is 2. The molecule has 0 spiro atoms. The minimum absolute atomic E-state index is 0.0515. The van der Waals surface area contributed by atoms with Crippen LogP contribution in [-0.4, -0.2) is 37.9 Å². The lowest BCUT2D eigenvalue weighted by molar-refractivity contribution is 0.0958.